The smallest absolute Gasteiger partial charge is 0.155 e. The van der Waals surface area contributed by atoms with Crippen LogP contribution >= 0.6 is 22.9 Å². The SMILES string of the molecule is COc1cccc(O/C(=C\Cl)c2ccc(C)s2)c1. The molecule has 0 saturated carbocycles. The maximum absolute atomic E-state index is 5.82. The molecule has 0 aliphatic carbocycles. The van der Waals surface area contributed by atoms with Crippen molar-refractivity contribution >= 4 is 28.7 Å². The molecular weight excluding hydrogens is 268 g/mol. The molecule has 0 saturated heterocycles. The number of hydrogen-bond donors (Lipinski definition) is 0. The van der Waals surface area contributed by atoms with Gasteiger partial charge in [0.05, 0.1) is 12.0 Å². The maximum Gasteiger partial charge on any atom is 0.155 e. The quantitative estimate of drug-likeness (QED) is 0.757. The lowest BCUT2D eigenvalue weighted by molar-refractivity contribution is 0.411. The minimum absolute atomic E-state index is 0.642. The Morgan fingerprint density at radius 2 is 2.00 bits per heavy atom. The lowest BCUT2D eigenvalue weighted by atomic mass is 10.3. The van der Waals surface area contributed by atoms with Crippen LogP contribution in [0.1, 0.15) is 9.75 Å². The van der Waals surface area contributed by atoms with Crippen molar-refractivity contribution in [3.63, 3.8) is 0 Å². The molecule has 1 aromatic heterocycles. The van der Waals surface area contributed by atoms with Crippen LogP contribution in [0, 0.1) is 6.92 Å². The van der Waals surface area contributed by atoms with Crippen LogP contribution in [0.2, 0.25) is 0 Å². The molecule has 0 radical (unpaired) electrons. The standard InChI is InChI=1S/C14H13ClO2S/c1-10-6-7-14(18-10)13(9-15)17-12-5-3-4-11(8-12)16-2/h3-9H,1-2H3/b13-9-. The average Bonchev–Trinajstić information content (AvgIpc) is 2.82. The van der Waals surface area contributed by atoms with Gasteiger partial charge in [-0.25, -0.2) is 0 Å². The lowest BCUT2D eigenvalue weighted by Crippen LogP contribution is -1.92. The van der Waals surface area contributed by atoms with Gasteiger partial charge in [0.25, 0.3) is 0 Å². The molecule has 2 nitrogen and oxygen atoms in total. The van der Waals surface area contributed by atoms with Crippen molar-refractivity contribution in [2.45, 2.75) is 6.92 Å². The van der Waals surface area contributed by atoms with Crippen LogP contribution in [-0.2, 0) is 0 Å². The summed E-state index contributed by atoms with van der Waals surface area (Å²) < 4.78 is 10.9. The van der Waals surface area contributed by atoms with E-state index in [-0.39, 0.29) is 0 Å². The largest absolute Gasteiger partial charge is 0.497 e. The molecule has 1 heterocycles. The molecule has 94 valence electrons. The van der Waals surface area contributed by atoms with Crippen LogP contribution in [0.3, 0.4) is 0 Å². The Kier molecular flexibility index (Phi) is 4.28. The first-order chi connectivity index (χ1) is 8.72. The molecule has 18 heavy (non-hydrogen) atoms. The van der Waals surface area contributed by atoms with Crippen LogP contribution < -0.4 is 9.47 Å². The first kappa shape index (κ1) is 13.0. The van der Waals surface area contributed by atoms with E-state index >= 15 is 0 Å². The summed E-state index contributed by atoms with van der Waals surface area (Å²) in [7, 11) is 1.63. The van der Waals surface area contributed by atoms with Gasteiger partial charge in [0, 0.05) is 16.5 Å². The van der Waals surface area contributed by atoms with E-state index in [4.69, 9.17) is 21.1 Å². The second-order valence-electron chi connectivity index (χ2n) is 3.66. The number of ether oxygens (including phenoxy) is 2. The molecule has 2 rings (SSSR count). The third-order valence-electron chi connectivity index (χ3n) is 2.35. The Morgan fingerprint density at radius 3 is 2.61 bits per heavy atom. The van der Waals surface area contributed by atoms with E-state index in [0.29, 0.717) is 11.5 Å². The molecule has 0 atom stereocenters. The van der Waals surface area contributed by atoms with Gasteiger partial charge in [-0.1, -0.05) is 17.7 Å². The van der Waals surface area contributed by atoms with Gasteiger partial charge in [0.2, 0.25) is 0 Å². The zero-order valence-corrected chi connectivity index (χ0v) is 11.7. The topological polar surface area (TPSA) is 18.5 Å². The van der Waals surface area contributed by atoms with Gasteiger partial charge in [0.15, 0.2) is 5.76 Å². The van der Waals surface area contributed by atoms with Crippen molar-refractivity contribution in [1.82, 2.24) is 0 Å². The minimum Gasteiger partial charge on any atom is -0.497 e. The highest BCUT2D eigenvalue weighted by Gasteiger charge is 2.07. The van der Waals surface area contributed by atoms with Gasteiger partial charge in [-0.15, -0.1) is 11.3 Å². The molecule has 4 heteroatoms. The third-order valence-corrected chi connectivity index (χ3v) is 3.56. The van der Waals surface area contributed by atoms with Crippen molar-refractivity contribution in [1.29, 1.82) is 0 Å². The van der Waals surface area contributed by atoms with Crippen molar-refractivity contribution in [3.05, 3.63) is 51.7 Å². The summed E-state index contributed by atoms with van der Waals surface area (Å²) in [5.74, 6) is 2.10. The van der Waals surface area contributed by atoms with Crippen molar-refractivity contribution < 1.29 is 9.47 Å². The first-order valence-electron chi connectivity index (χ1n) is 5.42. The molecule has 0 amide bonds. The Balaban J connectivity index is 2.20. The zero-order valence-electron chi connectivity index (χ0n) is 10.1. The van der Waals surface area contributed by atoms with Gasteiger partial charge < -0.3 is 9.47 Å². The molecule has 2 aromatic rings. The summed E-state index contributed by atoms with van der Waals surface area (Å²) in [5, 5.41) is 0. The number of halogens is 1. The van der Waals surface area contributed by atoms with E-state index in [9.17, 15) is 0 Å². The zero-order chi connectivity index (χ0) is 13.0. The third kappa shape index (κ3) is 3.06. The molecule has 0 fully saturated rings. The fourth-order valence-corrected chi connectivity index (χ4v) is 2.53. The summed E-state index contributed by atoms with van der Waals surface area (Å²) in [4.78, 5) is 2.22. The van der Waals surface area contributed by atoms with Crippen molar-refractivity contribution in [2.75, 3.05) is 7.11 Å². The van der Waals surface area contributed by atoms with E-state index in [1.165, 1.54) is 10.4 Å². The molecule has 1 aromatic carbocycles. The van der Waals surface area contributed by atoms with Gasteiger partial charge in [-0.05, 0) is 31.2 Å². The highest BCUT2D eigenvalue weighted by molar-refractivity contribution is 7.13. The molecule has 0 aliphatic heterocycles. The Labute approximate surface area is 115 Å². The fraction of sp³-hybridized carbons (Fsp3) is 0.143. The van der Waals surface area contributed by atoms with Gasteiger partial charge in [0.1, 0.15) is 11.5 Å². The number of rotatable bonds is 4. The molecular formula is C14H13ClO2S. The Morgan fingerprint density at radius 1 is 1.22 bits per heavy atom. The summed E-state index contributed by atoms with van der Waals surface area (Å²) in [6, 6.07) is 11.5. The predicted molar refractivity (Wildman–Crippen MR) is 76.5 cm³/mol. The van der Waals surface area contributed by atoms with Crippen LogP contribution in [-0.4, -0.2) is 7.11 Å². The second-order valence-corrected chi connectivity index (χ2v) is 5.17. The van der Waals surface area contributed by atoms with E-state index < -0.39 is 0 Å². The lowest BCUT2D eigenvalue weighted by Gasteiger charge is -2.08. The Bertz CT molecular complexity index is 560. The highest BCUT2D eigenvalue weighted by atomic mass is 35.5. The van der Waals surface area contributed by atoms with Crippen LogP contribution in [0.25, 0.3) is 5.76 Å². The number of hydrogen-bond acceptors (Lipinski definition) is 3. The van der Waals surface area contributed by atoms with E-state index in [2.05, 4.69) is 0 Å². The number of benzene rings is 1. The first-order valence-corrected chi connectivity index (χ1v) is 6.67. The molecule has 0 unspecified atom stereocenters. The second kappa shape index (κ2) is 5.94. The van der Waals surface area contributed by atoms with Gasteiger partial charge in [-0.3, -0.25) is 0 Å². The summed E-state index contributed by atoms with van der Waals surface area (Å²) in [5.41, 5.74) is 1.45. The highest BCUT2D eigenvalue weighted by Crippen LogP contribution is 2.28. The van der Waals surface area contributed by atoms with E-state index in [0.717, 1.165) is 10.6 Å². The summed E-state index contributed by atoms with van der Waals surface area (Å²) in [6.45, 7) is 2.05. The molecule has 0 aliphatic rings. The maximum atomic E-state index is 5.82. The van der Waals surface area contributed by atoms with Crippen molar-refractivity contribution in [2.24, 2.45) is 0 Å². The summed E-state index contributed by atoms with van der Waals surface area (Å²) in [6.07, 6.45) is 0. The normalized spacial score (nSPS) is 11.4. The van der Waals surface area contributed by atoms with E-state index in [1.54, 1.807) is 18.4 Å². The van der Waals surface area contributed by atoms with Gasteiger partial charge in [-0.2, -0.15) is 0 Å². The predicted octanol–water partition coefficient (Wildman–Crippen LogP) is 4.68. The number of thiophene rings is 1. The average molecular weight is 281 g/mol. The fourth-order valence-electron chi connectivity index (χ4n) is 1.48. The monoisotopic (exact) mass is 280 g/mol. The number of methoxy groups -OCH3 is 1. The van der Waals surface area contributed by atoms with E-state index in [1.807, 2.05) is 43.3 Å². The van der Waals surface area contributed by atoms with Gasteiger partial charge >= 0.3 is 0 Å². The molecule has 0 N–H and O–H groups in total. The summed E-state index contributed by atoms with van der Waals surface area (Å²) >= 11 is 7.46. The Hall–Kier alpha value is -1.45. The van der Waals surface area contributed by atoms with Crippen LogP contribution in [0.5, 0.6) is 11.5 Å². The van der Waals surface area contributed by atoms with Crippen LogP contribution in [0.15, 0.2) is 41.9 Å². The minimum atomic E-state index is 0.642. The van der Waals surface area contributed by atoms with Crippen LogP contribution in [0.4, 0.5) is 0 Å². The number of aryl methyl sites for hydroxylation is 1. The molecule has 0 bridgehead atoms. The van der Waals surface area contributed by atoms with Crippen molar-refractivity contribution in [3.8, 4) is 11.5 Å². The molecule has 0 spiro atoms.